The predicted molar refractivity (Wildman–Crippen MR) is 68.3 cm³/mol. The third-order valence-electron chi connectivity index (χ3n) is 2.88. The van der Waals surface area contributed by atoms with Crippen LogP contribution in [0, 0.1) is 0 Å². The molecule has 1 heterocycles. The number of amides is 1. The molecule has 1 rings (SSSR count). The molecule has 1 amide bonds. The molecule has 4 nitrogen and oxygen atoms in total. The van der Waals surface area contributed by atoms with Crippen molar-refractivity contribution >= 4 is 5.91 Å². The molecule has 0 spiro atoms. The number of hydrogen-bond acceptors (Lipinski definition) is 2. The van der Waals surface area contributed by atoms with Crippen molar-refractivity contribution in [3.63, 3.8) is 0 Å². The third kappa shape index (κ3) is 4.98. The van der Waals surface area contributed by atoms with Crippen molar-refractivity contribution in [3.8, 4) is 0 Å². The van der Waals surface area contributed by atoms with Crippen molar-refractivity contribution in [2.24, 2.45) is 0 Å². The lowest BCUT2D eigenvalue weighted by Crippen LogP contribution is -2.30. The van der Waals surface area contributed by atoms with Crippen molar-refractivity contribution in [2.75, 3.05) is 20.2 Å². The number of alkyl halides is 2. The molecule has 108 valence electrons. The van der Waals surface area contributed by atoms with Gasteiger partial charge in [0.2, 0.25) is 0 Å². The highest BCUT2D eigenvalue weighted by molar-refractivity contribution is 5.92. The van der Waals surface area contributed by atoms with Crippen LogP contribution in [0.25, 0.3) is 0 Å². The van der Waals surface area contributed by atoms with Gasteiger partial charge in [0, 0.05) is 26.4 Å². The number of hydrogen-bond donors (Lipinski definition) is 1. The second-order valence-electron chi connectivity index (χ2n) is 4.45. The van der Waals surface area contributed by atoms with Gasteiger partial charge in [0.1, 0.15) is 5.69 Å². The minimum atomic E-state index is -2.48. The second kappa shape index (κ2) is 7.89. The van der Waals surface area contributed by atoms with Crippen molar-refractivity contribution < 1.29 is 18.7 Å². The zero-order valence-electron chi connectivity index (χ0n) is 11.1. The van der Waals surface area contributed by atoms with E-state index in [9.17, 15) is 13.6 Å². The molecule has 0 bridgehead atoms. The van der Waals surface area contributed by atoms with E-state index in [0.29, 0.717) is 13.0 Å². The van der Waals surface area contributed by atoms with Gasteiger partial charge in [-0.3, -0.25) is 4.79 Å². The Hall–Kier alpha value is -1.43. The molecule has 0 saturated carbocycles. The zero-order chi connectivity index (χ0) is 14.3. The Morgan fingerprint density at radius 1 is 1.42 bits per heavy atom. The topological polar surface area (TPSA) is 45.5 Å². The minimum Gasteiger partial charge on any atom is -0.396 e. The summed E-state index contributed by atoms with van der Waals surface area (Å²) < 4.78 is 26.0. The first-order valence-electron chi connectivity index (χ1n) is 6.36. The Labute approximate surface area is 111 Å². The molecule has 0 aromatic carbocycles. The van der Waals surface area contributed by atoms with Crippen LogP contribution in [0.2, 0.25) is 0 Å². The molecular weight excluding hydrogens is 254 g/mol. The highest BCUT2D eigenvalue weighted by atomic mass is 19.3. The Kier molecular flexibility index (Phi) is 6.49. The van der Waals surface area contributed by atoms with Gasteiger partial charge in [-0.2, -0.15) is 0 Å². The number of aliphatic hydroxyl groups is 1. The number of aromatic nitrogens is 1. The van der Waals surface area contributed by atoms with Crippen molar-refractivity contribution in [3.05, 3.63) is 24.0 Å². The number of aliphatic hydroxyl groups excluding tert-OH is 1. The summed E-state index contributed by atoms with van der Waals surface area (Å²) in [7, 11) is 1.65. The standard InChI is InChI=1S/C13H20F2N2O2/c1-16(7-3-2-4-9-18)13(19)11-6-5-8-17(11)10-12(14)15/h5-6,8,12,18H,2-4,7,9-10H2,1H3. The lowest BCUT2D eigenvalue weighted by Gasteiger charge is -2.18. The van der Waals surface area contributed by atoms with Crippen molar-refractivity contribution in [2.45, 2.75) is 32.2 Å². The predicted octanol–water partition coefficient (Wildman–Crippen LogP) is 1.99. The van der Waals surface area contributed by atoms with Crippen LogP contribution in [0.5, 0.6) is 0 Å². The van der Waals surface area contributed by atoms with Gasteiger partial charge in [0.15, 0.2) is 0 Å². The van der Waals surface area contributed by atoms with Crippen LogP contribution in [0.3, 0.4) is 0 Å². The number of rotatable bonds is 8. The van der Waals surface area contributed by atoms with E-state index in [1.165, 1.54) is 15.7 Å². The Morgan fingerprint density at radius 3 is 2.79 bits per heavy atom. The molecule has 0 unspecified atom stereocenters. The molecule has 0 aliphatic carbocycles. The molecule has 0 aliphatic rings. The van der Waals surface area contributed by atoms with E-state index in [0.717, 1.165) is 12.8 Å². The molecule has 0 fully saturated rings. The molecule has 6 heteroatoms. The molecule has 1 aromatic rings. The number of carbonyl (C=O) groups excluding carboxylic acids is 1. The van der Waals surface area contributed by atoms with Crippen LogP contribution in [-0.4, -0.2) is 47.1 Å². The van der Waals surface area contributed by atoms with Gasteiger partial charge in [-0.25, -0.2) is 8.78 Å². The maximum absolute atomic E-state index is 12.4. The van der Waals surface area contributed by atoms with Gasteiger partial charge in [-0.05, 0) is 31.4 Å². The third-order valence-corrected chi connectivity index (χ3v) is 2.88. The van der Waals surface area contributed by atoms with Crippen LogP contribution in [0.15, 0.2) is 18.3 Å². The first-order valence-corrected chi connectivity index (χ1v) is 6.36. The first-order chi connectivity index (χ1) is 9.06. The minimum absolute atomic E-state index is 0.148. The largest absolute Gasteiger partial charge is 0.396 e. The van der Waals surface area contributed by atoms with Gasteiger partial charge in [0.25, 0.3) is 12.3 Å². The zero-order valence-corrected chi connectivity index (χ0v) is 11.1. The fourth-order valence-corrected chi connectivity index (χ4v) is 1.85. The molecule has 0 aliphatic heterocycles. The van der Waals surface area contributed by atoms with E-state index in [-0.39, 0.29) is 18.2 Å². The number of carbonyl (C=O) groups is 1. The molecule has 19 heavy (non-hydrogen) atoms. The first kappa shape index (κ1) is 15.6. The lowest BCUT2D eigenvalue weighted by molar-refractivity contribution is 0.0771. The average molecular weight is 274 g/mol. The van der Waals surface area contributed by atoms with Gasteiger partial charge >= 0.3 is 0 Å². The highest BCUT2D eigenvalue weighted by Gasteiger charge is 2.17. The van der Waals surface area contributed by atoms with E-state index in [1.54, 1.807) is 19.2 Å². The molecule has 1 aromatic heterocycles. The van der Waals surface area contributed by atoms with Crippen LogP contribution in [0.1, 0.15) is 29.8 Å². The molecule has 1 N–H and O–H groups in total. The van der Waals surface area contributed by atoms with Crippen LogP contribution in [-0.2, 0) is 6.54 Å². The quantitative estimate of drug-likeness (QED) is 0.737. The summed E-state index contributed by atoms with van der Waals surface area (Å²) in [6.07, 6.45) is 1.35. The summed E-state index contributed by atoms with van der Waals surface area (Å²) in [4.78, 5) is 13.6. The fraction of sp³-hybridized carbons (Fsp3) is 0.615. The molecule has 0 radical (unpaired) electrons. The second-order valence-corrected chi connectivity index (χ2v) is 4.45. The van der Waals surface area contributed by atoms with E-state index in [1.807, 2.05) is 0 Å². The summed E-state index contributed by atoms with van der Waals surface area (Å²) in [5, 5.41) is 8.66. The smallest absolute Gasteiger partial charge is 0.270 e. The van der Waals surface area contributed by atoms with E-state index < -0.39 is 13.0 Å². The molecule has 0 atom stereocenters. The Balaban J connectivity index is 2.54. The summed E-state index contributed by atoms with van der Waals surface area (Å²) in [5.41, 5.74) is 0.282. The normalized spacial score (nSPS) is 11.0. The van der Waals surface area contributed by atoms with Gasteiger partial charge < -0.3 is 14.6 Å². The molecular formula is C13H20F2N2O2. The van der Waals surface area contributed by atoms with E-state index in [4.69, 9.17) is 5.11 Å². The summed E-state index contributed by atoms with van der Waals surface area (Å²) in [6, 6.07) is 3.14. The Bertz CT molecular complexity index is 394. The van der Waals surface area contributed by atoms with E-state index in [2.05, 4.69) is 0 Å². The summed E-state index contributed by atoms with van der Waals surface area (Å²) >= 11 is 0. The number of unbranched alkanes of at least 4 members (excludes halogenated alkanes) is 2. The van der Waals surface area contributed by atoms with Crippen molar-refractivity contribution in [1.82, 2.24) is 9.47 Å². The highest BCUT2D eigenvalue weighted by Crippen LogP contribution is 2.09. The maximum Gasteiger partial charge on any atom is 0.270 e. The number of nitrogens with zero attached hydrogens (tertiary/aromatic N) is 2. The van der Waals surface area contributed by atoms with Crippen LogP contribution < -0.4 is 0 Å². The van der Waals surface area contributed by atoms with Gasteiger partial charge in [-0.15, -0.1) is 0 Å². The summed E-state index contributed by atoms with van der Waals surface area (Å²) in [5.74, 6) is -0.255. The SMILES string of the molecule is CN(CCCCCO)C(=O)c1cccn1CC(F)F. The Morgan fingerprint density at radius 2 is 2.16 bits per heavy atom. The van der Waals surface area contributed by atoms with Crippen LogP contribution >= 0.6 is 0 Å². The van der Waals surface area contributed by atoms with Crippen molar-refractivity contribution in [1.29, 1.82) is 0 Å². The lowest BCUT2D eigenvalue weighted by atomic mass is 10.2. The number of halogens is 2. The van der Waals surface area contributed by atoms with Gasteiger partial charge in [0.05, 0.1) is 6.54 Å². The fourth-order valence-electron chi connectivity index (χ4n) is 1.85. The monoisotopic (exact) mass is 274 g/mol. The van der Waals surface area contributed by atoms with Gasteiger partial charge in [-0.1, -0.05) is 0 Å². The average Bonchev–Trinajstić information content (AvgIpc) is 2.80. The van der Waals surface area contributed by atoms with Crippen LogP contribution in [0.4, 0.5) is 8.78 Å². The summed E-state index contributed by atoms with van der Waals surface area (Å²) in [6.45, 7) is 0.236. The molecule has 0 saturated heterocycles. The van der Waals surface area contributed by atoms with E-state index >= 15 is 0 Å². The maximum atomic E-state index is 12.4.